The Morgan fingerprint density at radius 1 is 1.05 bits per heavy atom. The number of hydrazone groups is 1. The van der Waals surface area contributed by atoms with E-state index < -0.39 is 0 Å². The molecule has 2 rings (SSSR count). The van der Waals surface area contributed by atoms with Gasteiger partial charge in [-0.15, -0.1) is 0 Å². The maximum atomic E-state index is 6.20. The summed E-state index contributed by atoms with van der Waals surface area (Å²) in [5, 5.41) is 6.40. The van der Waals surface area contributed by atoms with Crippen molar-refractivity contribution in [1.29, 1.82) is 0 Å². The number of nitrogens with zero attached hydrogens (tertiary/aromatic N) is 2. The third-order valence-corrected chi connectivity index (χ3v) is 4.21. The number of rotatable bonds is 7. The summed E-state index contributed by atoms with van der Waals surface area (Å²) in [6.07, 6.45) is 0. The van der Waals surface area contributed by atoms with Crippen LogP contribution >= 0.6 is 23.4 Å². The molecule has 0 radical (unpaired) electrons. The maximum Gasteiger partial charge on any atom is 0.0784 e. The summed E-state index contributed by atoms with van der Waals surface area (Å²) in [6.45, 7) is 12.3. The van der Waals surface area contributed by atoms with Crippen molar-refractivity contribution in [3.8, 4) is 0 Å². The first kappa shape index (κ1) is 16.4. The molecule has 0 bridgehead atoms. The lowest BCUT2D eigenvalue weighted by Gasteiger charge is -2.21. The number of thioether (sulfide) groups is 1. The maximum absolute atomic E-state index is 6.20. The molecular weight excluding hydrogens is 312 g/mol. The number of hydrogen-bond donors (Lipinski definition) is 0. The molecule has 0 saturated carbocycles. The second-order valence-corrected chi connectivity index (χ2v) is 6.26. The van der Waals surface area contributed by atoms with Gasteiger partial charge in [0.2, 0.25) is 0 Å². The average molecular weight is 329 g/mol. The van der Waals surface area contributed by atoms with Gasteiger partial charge in [-0.2, -0.15) is 5.10 Å². The van der Waals surface area contributed by atoms with E-state index >= 15 is 0 Å². The highest BCUT2D eigenvalue weighted by atomic mass is 35.5. The van der Waals surface area contributed by atoms with Crippen molar-refractivity contribution >= 4 is 40.7 Å². The van der Waals surface area contributed by atoms with E-state index in [1.54, 1.807) is 5.01 Å². The van der Waals surface area contributed by atoms with Gasteiger partial charge in [0.1, 0.15) is 0 Å². The standard InChI is InChI=1S/C18H17ClN2S/c1-14(22-15(2)16-9-5-4-6-10-16)13-21(20-3)18-12-8-7-11-17(18)19/h4-12H,1-3,13H2. The molecule has 0 saturated heterocycles. The van der Waals surface area contributed by atoms with Gasteiger partial charge in [0.05, 0.1) is 17.3 Å². The van der Waals surface area contributed by atoms with Crippen molar-refractivity contribution in [1.82, 2.24) is 0 Å². The molecule has 0 heterocycles. The predicted octanol–water partition coefficient (Wildman–Crippen LogP) is 5.68. The zero-order valence-electron chi connectivity index (χ0n) is 12.2. The molecule has 0 aliphatic carbocycles. The third-order valence-electron chi connectivity index (χ3n) is 2.99. The van der Waals surface area contributed by atoms with Crippen LogP contribution in [0.5, 0.6) is 0 Å². The van der Waals surface area contributed by atoms with Crippen molar-refractivity contribution in [2.24, 2.45) is 5.10 Å². The highest BCUT2D eigenvalue weighted by molar-refractivity contribution is 8.11. The highest BCUT2D eigenvalue weighted by Crippen LogP contribution is 2.33. The Labute approximate surface area is 140 Å². The molecule has 0 N–H and O–H groups in total. The van der Waals surface area contributed by atoms with E-state index in [1.165, 1.54) is 11.8 Å². The van der Waals surface area contributed by atoms with Crippen molar-refractivity contribution in [2.75, 3.05) is 11.6 Å². The lowest BCUT2D eigenvalue weighted by Crippen LogP contribution is -2.18. The summed E-state index contributed by atoms with van der Waals surface area (Å²) in [7, 11) is 0. The molecule has 0 atom stereocenters. The van der Waals surface area contributed by atoms with E-state index in [-0.39, 0.29) is 0 Å². The second-order valence-electron chi connectivity index (χ2n) is 4.58. The Morgan fingerprint density at radius 2 is 1.68 bits per heavy atom. The molecule has 0 aromatic heterocycles. The Kier molecular flexibility index (Phi) is 5.87. The lowest BCUT2D eigenvalue weighted by molar-refractivity contribution is 0.945. The first-order valence-electron chi connectivity index (χ1n) is 6.70. The summed E-state index contributed by atoms with van der Waals surface area (Å²) < 4.78 is 0. The molecule has 112 valence electrons. The van der Waals surface area contributed by atoms with Crippen LogP contribution in [0.1, 0.15) is 5.56 Å². The summed E-state index contributed by atoms with van der Waals surface area (Å²) in [5.74, 6) is 0. The minimum atomic E-state index is 0.518. The van der Waals surface area contributed by atoms with Crippen LogP contribution in [0.15, 0.2) is 77.8 Å². The van der Waals surface area contributed by atoms with Gasteiger partial charge in [-0.1, -0.05) is 79.0 Å². The number of para-hydroxylation sites is 1. The summed E-state index contributed by atoms with van der Waals surface area (Å²) in [5.41, 5.74) is 1.90. The van der Waals surface area contributed by atoms with Crippen LogP contribution < -0.4 is 5.01 Å². The topological polar surface area (TPSA) is 15.6 Å². The molecule has 0 fully saturated rings. The molecule has 0 spiro atoms. The van der Waals surface area contributed by atoms with E-state index in [1.807, 2.05) is 54.6 Å². The average Bonchev–Trinajstić information content (AvgIpc) is 2.54. The fourth-order valence-electron chi connectivity index (χ4n) is 1.93. The molecule has 0 amide bonds. The Balaban J connectivity index is 2.03. The fraction of sp³-hybridized carbons (Fsp3) is 0.0556. The molecule has 0 aliphatic rings. The number of halogens is 1. The SMILES string of the molecule is C=NN(CC(=C)SC(=C)c1ccccc1)c1ccccc1Cl. The molecule has 2 nitrogen and oxygen atoms in total. The zero-order chi connectivity index (χ0) is 15.9. The Hall–Kier alpha value is -1.97. The fourth-order valence-corrected chi connectivity index (χ4v) is 2.95. The Bertz CT molecular complexity index is 682. The van der Waals surface area contributed by atoms with Crippen molar-refractivity contribution < 1.29 is 0 Å². The van der Waals surface area contributed by atoms with Crippen LogP contribution in [0, 0.1) is 0 Å². The highest BCUT2D eigenvalue weighted by Gasteiger charge is 2.11. The summed E-state index contributed by atoms with van der Waals surface area (Å²) in [4.78, 5) is 1.87. The van der Waals surface area contributed by atoms with Crippen LogP contribution in [0.2, 0.25) is 5.02 Å². The van der Waals surface area contributed by atoms with E-state index in [9.17, 15) is 0 Å². The molecule has 22 heavy (non-hydrogen) atoms. The number of hydrogen-bond acceptors (Lipinski definition) is 3. The van der Waals surface area contributed by atoms with Crippen molar-refractivity contribution in [2.45, 2.75) is 0 Å². The second kappa shape index (κ2) is 7.87. The minimum absolute atomic E-state index is 0.518. The quantitative estimate of drug-likeness (QED) is 0.480. The van der Waals surface area contributed by atoms with Crippen molar-refractivity contribution in [3.05, 3.63) is 83.2 Å². The zero-order valence-corrected chi connectivity index (χ0v) is 13.8. The minimum Gasteiger partial charge on any atom is -0.260 e. The summed E-state index contributed by atoms with van der Waals surface area (Å²) >= 11 is 7.73. The van der Waals surface area contributed by atoms with Crippen LogP contribution in [-0.2, 0) is 0 Å². The summed E-state index contributed by atoms with van der Waals surface area (Å²) in [6, 6.07) is 17.6. The molecule has 2 aromatic carbocycles. The molecule has 0 aliphatic heterocycles. The lowest BCUT2D eigenvalue weighted by atomic mass is 10.2. The van der Waals surface area contributed by atoms with Gasteiger partial charge in [-0.3, -0.25) is 5.01 Å². The molecule has 2 aromatic rings. The normalized spacial score (nSPS) is 10.0. The number of benzene rings is 2. The van der Waals surface area contributed by atoms with E-state index in [4.69, 9.17) is 11.6 Å². The van der Waals surface area contributed by atoms with Crippen molar-refractivity contribution in [3.63, 3.8) is 0 Å². The molecule has 0 unspecified atom stereocenters. The smallest absolute Gasteiger partial charge is 0.0784 e. The molecular formula is C18H17ClN2S. The van der Waals surface area contributed by atoms with Gasteiger partial charge in [-0.25, -0.2) is 0 Å². The number of anilines is 1. The third kappa shape index (κ3) is 4.26. The Morgan fingerprint density at radius 3 is 2.32 bits per heavy atom. The monoisotopic (exact) mass is 328 g/mol. The first-order valence-corrected chi connectivity index (χ1v) is 7.90. The first-order chi connectivity index (χ1) is 10.6. The van der Waals surface area contributed by atoms with Gasteiger partial charge in [-0.05, 0) is 17.7 Å². The van der Waals surface area contributed by atoms with E-state index in [0.29, 0.717) is 11.6 Å². The van der Waals surface area contributed by atoms with Gasteiger partial charge in [0.15, 0.2) is 0 Å². The van der Waals surface area contributed by atoms with Gasteiger partial charge >= 0.3 is 0 Å². The largest absolute Gasteiger partial charge is 0.260 e. The predicted molar refractivity (Wildman–Crippen MR) is 101 cm³/mol. The van der Waals surface area contributed by atoms with E-state index in [0.717, 1.165) is 21.1 Å². The van der Waals surface area contributed by atoms with E-state index in [2.05, 4.69) is 25.0 Å². The van der Waals surface area contributed by atoms with Gasteiger partial charge < -0.3 is 0 Å². The van der Waals surface area contributed by atoms with Gasteiger partial charge in [0, 0.05) is 16.5 Å². The van der Waals surface area contributed by atoms with Crippen LogP contribution in [0.4, 0.5) is 5.69 Å². The molecule has 4 heteroatoms. The van der Waals surface area contributed by atoms with Crippen LogP contribution in [-0.4, -0.2) is 13.3 Å². The van der Waals surface area contributed by atoms with Gasteiger partial charge in [0.25, 0.3) is 0 Å². The van der Waals surface area contributed by atoms with Crippen LogP contribution in [0.25, 0.3) is 4.91 Å². The van der Waals surface area contributed by atoms with Crippen LogP contribution in [0.3, 0.4) is 0 Å².